The second-order valence-electron chi connectivity index (χ2n) is 5.55. The van der Waals surface area contributed by atoms with Crippen LogP contribution in [-0.2, 0) is 0 Å². The number of halogens is 2. The molecule has 3 N–H and O–H groups in total. The molecule has 7 heteroatoms. The highest BCUT2D eigenvalue weighted by molar-refractivity contribution is 7.13. The van der Waals surface area contributed by atoms with Crippen LogP contribution in [0.3, 0.4) is 0 Å². The monoisotopic (exact) mass is 337 g/mol. The molecule has 2 amide bonds. The molecular formula is C16H17F2N3OS. The van der Waals surface area contributed by atoms with Crippen LogP contribution in [-0.4, -0.2) is 29.9 Å². The smallest absolute Gasteiger partial charge is 0.321 e. The van der Waals surface area contributed by atoms with Crippen molar-refractivity contribution in [2.45, 2.75) is 18.8 Å². The molecule has 1 aliphatic rings. The minimum atomic E-state index is -2.67. The minimum absolute atomic E-state index is 0.0450. The standard InChI is InChI=1S/C16H17F2N3OS/c17-16(18)5-7-21(8-6-16)15(22)20-13-10-11(3-4-12(13)19)14-2-1-9-23-14/h1-4,9-10H,5-8,19H2,(H,20,22). The average molecular weight is 337 g/mol. The van der Waals surface area contributed by atoms with Gasteiger partial charge in [0.25, 0.3) is 5.92 Å². The number of nitrogen functional groups attached to an aromatic ring is 1. The number of rotatable bonds is 2. The van der Waals surface area contributed by atoms with Crippen LogP contribution in [0.4, 0.5) is 25.0 Å². The fourth-order valence-electron chi connectivity index (χ4n) is 2.49. The molecule has 0 spiro atoms. The van der Waals surface area contributed by atoms with Crippen molar-refractivity contribution in [1.29, 1.82) is 0 Å². The molecule has 4 nitrogen and oxygen atoms in total. The number of likely N-dealkylation sites (tertiary alicyclic amines) is 1. The second kappa shape index (κ2) is 6.16. The summed E-state index contributed by atoms with van der Waals surface area (Å²) in [5, 5.41) is 4.70. The zero-order chi connectivity index (χ0) is 16.4. The average Bonchev–Trinajstić information content (AvgIpc) is 3.03. The Morgan fingerprint density at radius 2 is 2.00 bits per heavy atom. The molecule has 122 valence electrons. The van der Waals surface area contributed by atoms with Gasteiger partial charge >= 0.3 is 6.03 Å². The lowest BCUT2D eigenvalue weighted by molar-refractivity contribution is -0.0461. The van der Waals surface area contributed by atoms with Gasteiger partial charge in [0.05, 0.1) is 11.4 Å². The summed E-state index contributed by atoms with van der Waals surface area (Å²) in [7, 11) is 0. The van der Waals surface area contributed by atoms with E-state index in [1.165, 1.54) is 4.90 Å². The van der Waals surface area contributed by atoms with Crippen LogP contribution in [0.1, 0.15) is 12.8 Å². The Morgan fingerprint density at radius 1 is 1.26 bits per heavy atom. The number of nitrogens with two attached hydrogens (primary N) is 1. The maximum Gasteiger partial charge on any atom is 0.321 e. The first kappa shape index (κ1) is 15.7. The summed E-state index contributed by atoms with van der Waals surface area (Å²) in [6.45, 7) is 0.0900. The molecule has 0 radical (unpaired) electrons. The van der Waals surface area contributed by atoms with Gasteiger partial charge in [-0.1, -0.05) is 12.1 Å². The van der Waals surface area contributed by atoms with Gasteiger partial charge in [0.1, 0.15) is 0 Å². The van der Waals surface area contributed by atoms with Crippen molar-refractivity contribution in [3.63, 3.8) is 0 Å². The first-order chi connectivity index (χ1) is 10.9. The van der Waals surface area contributed by atoms with Gasteiger partial charge in [-0.3, -0.25) is 0 Å². The number of hydrogen-bond donors (Lipinski definition) is 2. The molecule has 23 heavy (non-hydrogen) atoms. The minimum Gasteiger partial charge on any atom is -0.397 e. The fraction of sp³-hybridized carbons (Fsp3) is 0.312. The highest BCUT2D eigenvalue weighted by Gasteiger charge is 2.35. The molecule has 1 fully saturated rings. The van der Waals surface area contributed by atoms with Gasteiger partial charge in [-0.25, -0.2) is 13.6 Å². The van der Waals surface area contributed by atoms with Gasteiger partial charge in [0.15, 0.2) is 0 Å². The molecular weight excluding hydrogens is 320 g/mol. The third-order valence-corrected chi connectivity index (χ3v) is 4.80. The number of carbonyl (C=O) groups is 1. The number of hydrogen-bond acceptors (Lipinski definition) is 3. The number of nitrogens with one attached hydrogen (secondary N) is 1. The summed E-state index contributed by atoms with van der Waals surface area (Å²) in [5.41, 5.74) is 7.81. The van der Waals surface area contributed by atoms with E-state index in [9.17, 15) is 13.6 Å². The van der Waals surface area contributed by atoms with E-state index in [1.54, 1.807) is 23.5 Å². The van der Waals surface area contributed by atoms with E-state index in [-0.39, 0.29) is 25.9 Å². The lowest BCUT2D eigenvalue weighted by Gasteiger charge is -2.31. The van der Waals surface area contributed by atoms with E-state index in [0.29, 0.717) is 11.4 Å². The van der Waals surface area contributed by atoms with Crippen LogP contribution in [0.15, 0.2) is 35.7 Å². The van der Waals surface area contributed by atoms with E-state index in [1.807, 2.05) is 23.6 Å². The Bertz CT molecular complexity index is 693. The summed E-state index contributed by atoms with van der Waals surface area (Å²) in [4.78, 5) is 14.7. The molecule has 1 aliphatic heterocycles. The quantitative estimate of drug-likeness (QED) is 0.805. The number of piperidine rings is 1. The SMILES string of the molecule is Nc1ccc(-c2cccs2)cc1NC(=O)N1CCC(F)(F)CC1. The first-order valence-electron chi connectivity index (χ1n) is 7.32. The maximum atomic E-state index is 13.2. The summed E-state index contributed by atoms with van der Waals surface area (Å²) in [5.74, 6) is -2.67. The number of anilines is 2. The molecule has 1 saturated heterocycles. The number of nitrogens with zero attached hydrogens (tertiary/aromatic N) is 1. The first-order valence-corrected chi connectivity index (χ1v) is 8.20. The van der Waals surface area contributed by atoms with Crippen LogP contribution in [0.2, 0.25) is 0 Å². The highest BCUT2D eigenvalue weighted by Crippen LogP contribution is 2.31. The summed E-state index contributed by atoms with van der Waals surface area (Å²) >= 11 is 1.59. The van der Waals surface area contributed by atoms with E-state index < -0.39 is 12.0 Å². The molecule has 0 bridgehead atoms. The predicted molar refractivity (Wildman–Crippen MR) is 88.9 cm³/mol. The van der Waals surface area contributed by atoms with E-state index in [0.717, 1.165) is 10.4 Å². The third kappa shape index (κ3) is 3.61. The highest BCUT2D eigenvalue weighted by atomic mass is 32.1. The Morgan fingerprint density at radius 3 is 2.65 bits per heavy atom. The van der Waals surface area contributed by atoms with Gasteiger partial charge in [-0.2, -0.15) is 0 Å². The molecule has 3 rings (SSSR count). The van der Waals surface area contributed by atoms with Crippen molar-refractivity contribution in [1.82, 2.24) is 4.90 Å². The van der Waals surface area contributed by atoms with Crippen LogP contribution in [0, 0.1) is 0 Å². The number of carbonyl (C=O) groups excluding carboxylic acids is 1. The Hall–Kier alpha value is -2.15. The van der Waals surface area contributed by atoms with Gasteiger partial charge in [0.2, 0.25) is 0 Å². The third-order valence-electron chi connectivity index (χ3n) is 3.88. The second-order valence-corrected chi connectivity index (χ2v) is 6.50. The van der Waals surface area contributed by atoms with Crippen molar-refractivity contribution in [3.8, 4) is 10.4 Å². The number of thiophene rings is 1. The maximum absolute atomic E-state index is 13.2. The van der Waals surface area contributed by atoms with Crippen LogP contribution in [0.5, 0.6) is 0 Å². The van der Waals surface area contributed by atoms with E-state index >= 15 is 0 Å². The van der Waals surface area contributed by atoms with Gasteiger partial charge in [-0.15, -0.1) is 11.3 Å². The molecule has 2 aromatic rings. The normalized spacial score (nSPS) is 17.0. The number of amides is 2. The van der Waals surface area contributed by atoms with Crippen molar-refractivity contribution >= 4 is 28.7 Å². The number of urea groups is 1. The zero-order valence-electron chi connectivity index (χ0n) is 12.4. The zero-order valence-corrected chi connectivity index (χ0v) is 13.2. The van der Waals surface area contributed by atoms with Crippen molar-refractivity contribution in [3.05, 3.63) is 35.7 Å². The van der Waals surface area contributed by atoms with Gasteiger partial charge in [-0.05, 0) is 29.1 Å². The summed E-state index contributed by atoms with van der Waals surface area (Å²) in [6.07, 6.45) is -0.601. The summed E-state index contributed by atoms with van der Waals surface area (Å²) < 4.78 is 26.3. The molecule has 0 saturated carbocycles. The molecule has 2 heterocycles. The fourth-order valence-corrected chi connectivity index (χ4v) is 3.22. The number of benzene rings is 1. The van der Waals surface area contributed by atoms with Gasteiger partial charge in [0, 0.05) is 30.8 Å². The molecule has 1 aromatic heterocycles. The van der Waals surface area contributed by atoms with E-state index in [4.69, 9.17) is 5.73 Å². The van der Waals surface area contributed by atoms with Crippen molar-refractivity contribution in [2.24, 2.45) is 0 Å². The van der Waals surface area contributed by atoms with Crippen molar-refractivity contribution < 1.29 is 13.6 Å². The molecule has 0 aliphatic carbocycles. The van der Waals surface area contributed by atoms with Crippen LogP contribution >= 0.6 is 11.3 Å². The Balaban J connectivity index is 1.72. The Labute approximate surface area is 136 Å². The van der Waals surface area contributed by atoms with Gasteiger partial charge < -0.3 is 16.0 Å². The van der Waals surface area contributed by atoms with E-state index in [2.05, 4.69) is 5.32 Å². The lowest BCUT2D eigenvalue weighted by atomic mass is 10.1. The Kier molecular flexibility index (Phi) is 4.21. The van der Waals surface area contributed by atoms with Crippen molar-refractivity contribution in [2.75, 3.05) is 24.1 Å². The summed E-state index contributed by atoms with van der Waals surface area (Å²) in [6, 6.07) is 8.96. The molecule has 1 aromatic carbocycles. The number of alkyl halides is 2. The predicted octanol–water partition coefficient (Wildman–Crippen LogP) is 4.26. The molecule has 0 atom stereocenters. The van der Waals surface area contributed by atoms with Crippen LogP contribution < -0.4 is 11.1 Å². The lowest BCUT2D eigenvalue weighted by Crippen LogP contribution is -2.44. The van der Waals surface area contributed by atoms with Crippen LogP contribution in [0.25, 0.3) is 10.4 Å². The topological polar surface area (TPSA) is 58.4 Å². The largest absolute Gasteiger partial charge is 0.397 e. The molecule has 0 unspecified atom stereocenters.